The third-order valence-electron chi connectivity index (χ3n) is 2.77. The van der Waals surface area contributed by atoms with E-state index in [0.717, 1.165) is 23.7 Å². The monoisotopic (exact) mass is 436 g/mol. The van der Waals surface area contributed by atoms with E-state index >= 15 is 0 Å². The SMILES string of the molecule is Cn1nnc(Br)c1S(=O)(=O)Nc1cccc(CCCBr)c1. The molecule has 0 atom stereocenters. The van der Waals surface area contributed by atoms with Crippen LogP contribution in [0.15, 0.2) is 33.9 Å². The Kier molecular flexibility index (Phi) is 5.39. The number of nitrogens with zero attached hydrogens (tertiary/aromatic N) is 3. The van der Waals surface area contributed by atoms with Crippen molar-refractivity contribution in [3.05, 3.63) is 34.4 Å². The van der Waals surface area contributed by atoms with Crippen molar-refractivity contribution < 1.29 is 8.42 Å². The normalized spacial score (nSPS) is 11.6. The summed E-state index contributed by atoms with van der Waals surface area (Å²) in [6.45, 7) is 0. The fourth-order valence-corrected chi connectivity index (χ4v) is 4.30. The third-order valence-corrected chi connectivity index (χ3v) is 5.60. The van der Waals surface area contributed by atoms with Crippen LogP contribution in [0.25, 0.3) is 0 Å². The van der Waals surface area contributed by atoms with Crippen LogP contribution in [-0.4, -0.2) is 28.7 Å². The van der Waals surface area contributed by atoms with Gasteiger partial charge in [-0.1, -0.05) is 33.3 Å². The van der Waals surface area contributed by atoms with E-state index in [9.17, 15) is 8.42 Å². The second-order valence-corrected chi connectivity index (χ2v) is 7.55. The predicted molar refractivity (Wildman–Crippen MR) is 88.1 cm³/mol. The summed E-state index contributed by atoms with van der Waals surface area (Å²) in [5, 5.41) is 8.27. The molecule has 0 radical (unpaired) electrons. The van der Waals surface area contributed by atoms with Crippen LogP contribution in [0.2, 0.25) is 0 Å². The molecule has 21 heavy (non-hydrogen) atoms. The van der Waals surface area contributed by atoms with E-state index in [2.05, 4.69) is 46.9 Å². The molecule has 0 aliphatic rings. The molecular weight excluding hydrogens is 424 g/mol. The molecule has 0 saturated heterocycles. The van der Waals surface area contributed by atoms with E-state index in [1.54, 1.807) is 6.07 Å². The zero-order chi connectivity index (χ0) is 15.5. The molecular formula is C12H14Br2N4O2S. The summed E-state index contributed by atoms with van der Waals surface area (Å²) in [5.41, 5.74) is 1.60. The van der Waals surface area contributed by atoms with Gasteiger partial charge in [0.1, 0.15) is 0 Å². The van der Waals surface area contributed by atoms with Crippen LogP contribution in [-0.2, 0) is 23.5 Å². The average Bonchev–Trinajstić information content (AvgIpc) is 2.76. The first kappa shape index (κ1) is 16.4. The number of rotatable bonds is 6. The molecule has 114 valence electrons. The van der Waals surface area contributed by atoms with E-state index < -0.39 is 10.0 Å². The van der Waals surface area contributed by atoms with Gasteiger partial charge in [0.2, 0.25) is 5.03 Å². The molecule has 6 nitrogen and oxygen atoms in total. The van der Waals surface area contributed by atoms with Crippen LogP contribution >= 0.6 is 31.9 Å². The van der Waals surface area contributed by atoms with Gasteiger partial charge in [-0.15, -0.1) is 5.10 Å². The van der Waals surface area contributed by atoms with E-state index in [4.69, 9.17) is 0 Å². The van der Waals surface area contributed by atoms with Crippen molar-refractivity contribution in [2.24, 2.45) is 7.05 Å². The van der Waals surface area contributed by atoms with Crippen LogP contribution in [0.5, 0.6) is 0 Å². The van der Waals surface area contributed by atoms with Gasteiger partial charge < -0.3 is 0 Å². The Morgan fingerprint density at radius 3 is 2.76 bits per heavy atom. The predicted octanol–water partition coefficient (Wildman–Crippen LogP) is 2.71. The maximum absolute atomic E-state index is 12.4. The van der Waals surface area contributed by atoms with Crippen LogP contribution in [0.4, 0.5) is 5.69 Å². The Hall–Kier alpha value is -0.930. The van der Waals surface area contributed by atoms with E-state index in [1.165, 1.54) is 11.7 Å². The van der Waals surface area contributed by atoms with E-state index in [0.29, 0.717) is 5.69 Å². The third kappa shape index (κ3) is 4.04. The molecule has 9 heteroatoms. The first-order chi connectivity index (χ1) is 9.94. The topological polar surface area (TPSA) is 76.9 Å². The summed E-state index contributed by atoms with van der Waals surface area (Å²) in [6, 6.07) is 7.35. The van der Waals surface area contributed by atoms with E-state index in [-0.39, 0.29) is 9.63 Å². The Morgan fingerprint density at radius 2 is 2.14 bits per heavy atom. The summed E-state index contributed by atoms with van der Waals surface area (Å²) in [6.07, 6.45) is 1.88. The molecule has 0 amide bonds. The number of halogens is 2. The quantitative estimate of drug-likeness (QED) is 0.704. The van der Waals surface area contributed by atoms with Crippen molar-refractivity contribution in [2.75, 3.05) is 10.1 Å². The highest BCUT2D eigenvalue weighted by Gasteiger charge is 2.23. The van der Waals surface area contributed by atoms with Gasteiger partial charge in [0, 0.05) is 18.1 Å². The number of anilines is 1. The molecule has 0 fully saturated rings. The van der Waals surface area contributed by atoms with Crippen molar-refractivity contribution in [2.45, 2.75) is 17.9 Å². The maximum atomic E-state index is 12.4. The summed E-state index contributed by atoms with van der Waals surface area (Å²) >= 11 is 6.48. The number of aromatic nitrogens is 3. The minimum Gasteiger partial charge on any atom is -0.278 e. The lowest BCUT2D eigenvalue weighted by atomic mass is 10.1. The van der Waals surface area contributed by atoms with Gasteiger partial charge in [0.05, 0.1) is 0 Å². The first-order valence-electron chi connectivity index (χ1n) is 6.17. The number of sulfonamides is 1. The molecule has 0 bridgehead atoms. The summed E-state index contributed by atoms with van der Waals surface area (Å²) < 4.78 is 28.7. The van der Waals surface area contributed by atoms with Gasteiger partial charge in [-0.2, -0.15) is 8.42 Å². The molecule has 0 aliphatic carbocycles. The number of nitrogens with one attached hydrogen (secondary N) is 1. The molecule has 0 spiro atoms. The lowest BCUT2D eigenvalue weighted by Gasteiger charge is -2.09. The zero-order valence-electron chi connectivity index (χ0n) is 11.3. The maximum Gasteiger partial charge on any atom is 0.281 e. The highest BCUT2D eigenvalue weighted by atomic mass is 79.9. The van der Waals surface area contributed by atoms with Crippen molar-refractivity contribution >= 4 is 47.6 Å². The molecule has 0 unspecified atom stereocenters. The Bertz CT molecular complexity index is 711. The molecule has 1 N–H and O–H groups in total. The van der Waals surface area contributed by atoms with Crippen molar-refractivity contribution in [3.8, 4) is 0 Å². The van der Waals surface area contributed by atoms with Gasteiger partial charge in [-0.25, -0.2) is 4.68 Å². The largest absolute Gasteiger partial charge is 0.281 e. The Balaban J connectivity index is 2.25. The van der Waals surface area contributed by atoms with Gasteiger partial charge in [0.25, 0.3) is 10.0 Å². The summed E-state index contributed by atoms with van der Waals surface area (Å²) in [7, 11) is -2.21. The zero-order valence-corrected chi connectivity index (χ0v) is 15.2. The second kappa shape index (κ2) is 6.89. The second-order valence-electron chi connectivity index (χ2n) is 4.41. The molecule has 1 heterocycles. The fraction of sp³-hybridized carbons (Fsp3) is 0.333. The Morgan fingerprint density at radius 1 is 1.38 bits per heavy atom. The molecule has 1 aromatic heterocycles. The van der Waals surface area contributed by atoms with Crippen LogP contribution in [0, 0.1) is 0 Å². The molecule has 0 saturated carbocycles. The van der Waals surface area contributed by atoms with Crippen LogP contribution < -0.4 is 4.72 Å². The molecule has 0 aliphatic heterocycles. The van der Waals surface area contributed by atoms with Gasteiger partial charge in [-0.05, 0) is 46.5 Å². The fourth-order valence-electron chi connectivity index (χ4n) is 1.87. The molecule has 1 aromatic carbocycles. The van der Waals surface area contributed by atoms with Gasteiger partial charge in [0.15, 0.2) is 4.60 Å². The lowest BCUT2D eigenvalue weighted by molar-refractivity contribution is 0.578. The minimum atomic E-state index is -3.74. The van der Waals surface area contributed by atoms with Crippen molar-refractivity contribution in [1.29, 1.82) is 0 Å². The lowest BCUT2D eigenvalue weighted by Crippen LogP contribution is -2.17. The smallest absolute Gasteiger partial charge is 0.278 e. The summed E-state index contributed by atoms with van der Waals surface area (Å²) in [5.74, 6) is 0. The van der Waals surface area contributed by atoms with Crippen molar-refractivity contribution in [1.82, 2.24) is 15.0 Å². The van der Waals surface area contributed by atoms with Crippen LogP contribution in [0.3, 0.4) is 0 Å². The highest BCUT2D eigenvalue weighted by molar-refractivity contribution is 9.10. The number of aryl methyl sites for hydroxylation is 2. The number of hydrogen-bond donors (Lipinski definition) is 1. The van der Waals surface area contributed by atoms with E-state index in [1.807, 2.05) is 18.2 Å². The number of hydrogen-bond acceptors (Lipinski definition) is 4. The minimum absolute atomic E-state index is 0.00615. The standard InChI is InChI=1S/C12H14Br2N4O2S/c1-18-12(11(14)15-17-18)21(19,20)16-10-6-2-4-9(8-10)5-3-7-13/h2,4,6,8,16H,3,5,7H2,1H3. The van der Waals surface area contributed by atoms with Crippen molar-refractivity contribution in [3.63, 3.8) is 0 Å². The van der Waals surface area contributed by atoms with Crippen LogP contribution in [0.1, 0.15) is 12.0 Å². The Labute approximate surface area is 140 Å². The highest BCUT2D eigenvalue weighted by Crippen LogP contribution is 2.22. The molecule has 2 rings (SSSR count). The summed E-state index contributed by atoms with van der Waals surface area (Å²) in [4.78, 5) is 0. The molecule has 2 aromatic rings. The number of alkyl halides is 1. The van der Waals surface area contributed by atoms with Gasteiger partial charge >= 0.3 is 0 Å². The average molecular weight is 438 g/mol. The number of benzene rings is 1. The first-order valence-corrected chi connectivity index (χ1v) is 9.56. The van der Waals surface area contributed by atoms with Gasteiger partial charge in [-0.3, -0.25) is 4.72 Å².